The molecule has 1 aromatic carbocycles. The quantitative estimate of drug-likeness (QED) is 0.768. The smallest absolute Gasteiger partial charge is 0.130 e. The molecule has 0 spiro atoms. The van der Waals surface area contributed by atoms with Crippen LogP contribution in [-0.4, -0.2) is 16.4 Å². The van der Waals surface area contributed by atoms with Crippen LogP contribution >= 0.6 is 0 Å². The number of benzene rings is 1. The molecule has 0 N–H and O–H groups in total. The van der Waals surface area contributed by atoms with E-state index in [9.17, 15) is 0 Å². The number of fused-ring (bicyclic) bond motifs is 1. The lowest BCUT2D eigenvalue weighted by atomic mass is 10.2. The third kappa shape index (κ3) is 1.58. The van der Waals surface area contributed by atoms with Gasteiger partial charge in [-0.3, -0.25) is 4.68 Å². The molecule has 0 unspecified atom stereocenters. The molecule has 0 amide bonds. The highest BCUT2D eigenvalue weighted by molar-refractivity contribution is 5.88. The minimum atomic E-state index is 0.690. The molecule has 0 saturated carbocycles. The maximum Gasteiger partial charge on any atom is 0.130 e. The van der Waals surface area contributed by atoms with Crippen molar-refractivity contribution in [3.8, 4) is 5.75 Å². The monoisotopic (exact) mass is 204 g/mol. The first-order valence-electron chi connectivity index (χ1n) is 5.36. The van der Waals surface area contributed by atoms with E-state index in [4.69, 9.17) is 4.74 Å². The van der Waals surface area contributed by atoms with Gasteiger partial charge in [-0.15, -0.1) is 0 Å². The van der Waals surface area contributed by atoms with E-state index in [2.05, 4.69) is 18.1 Å². The molecule has 80 valence electrons. The summed E-state index contributed by atoms with van der Waals surface area (Å²) in [6.07, 6.45) is 0. The van der Waals surface area contributed by atoms with Gasteiger partial charge in [-0.2, -0.15) is 5.10 Å². The van der Waals surface area contributed by atoms with Crippen molar-refractivity contribution in [3.05, 3.63) is 23.9 Å². The Morgan fingerprint density at radius 1 is 1.33 bits per heavy atom. The fourth-order valence-electron chi connectivity index (χ4n) is 1.90. The van der Waals surface area contributed by atoms with Crippen LogP contribution < -0.4 is 4.74 Å². The lowest BCUT2D eigenvalue weighted by molar-refractivity contribution is 0.344. The standard InChI is InChI=1S/C12H16N2O/c1-4-14-10-7-6-8-11(15-5-2)12(10)9(3)13-14/h6-8H,4-5H2,1-3H3. The minimum absolute atomic E-state index is 0.690. The summed E-state index contributed by atoms with van der Waals surface area (Å²) in [5, 5.41) is 5.63. The Hall–Kier alpha value is -1.51. The second kappa shape index (κ2) is 3.93. The first kappa shape index (κ1) is 10.0. The molecule has 0 fully saturated rings. The zero-order valence-corrected chi connectivity index (χ0v) is 9.45. The summed E-state index contributed by atoms with van der Waals surface area (Å²) in [7, 11) is 0. The molecule has 0 saturated heterocycles. The molecule has 1 heterocycles. The van der Waals surface area contributed by atoms with E-state index < -0.39 is 0 Å². The van der Waals surface area contributed by atoms with Crippen molar-refractivity contribution in [2.75, 3.05) is 6.61 Å². The number of ether oxygens (including phenoxy) is 1. The molecule has 0 aliphatic rings. The van der Waals surface area contributed by atoms with E-state index in [1.54, 1.807) is 0 Å². The minimum Gasteiger partial charge on any atom is -0.493 e. The van der Waals surface area contributed by atoms with E-state index >= 15 is 0 Å². The van der Waals surface area contributed by atoms with Gasteiger partial charge in [-0.05, 0) is 32.9 Å². The van der Waals surface area contributed by atoms with E-state index in [-0.39, 0.29) is 0 Å². The molecule has 0 atom stereocenters. The molecule has 1 aromatic heterocycles. The van der Waals surface area contributed by atoms with Gasteiger partial charge in [0.05, 0.1) is 23.2 Å². The van der Waals surface area contributed by atoms with Crippen molar-refractivity contribution in [1.82, 2.24) is 9.78 Å². The SMILES string of the molecule is CCOc1cccc2c1c(C)nn2CC. The molecule has 15 heavy (non-hydrogen) atoms. The molecular formula is C12H16N2O. The molecule has 0 aliphatic heterocycles. The summed E-state index contributed by atoms with van der Waals surface area (Å²) >= 11 is 0. The van der Waals surface area contributed by atoms with Gasteiger partial charge in [-0.1, -0.05) is 6.07 Å². The second-order valence-electron chi connectivity index (χ2n) is 3.48. The average molecular weight is 204 g/mol. The van der Waals surface area contributed by atoms with Gasteiger partial charge in [0.1, 0.15) is 5.75 Å². The van der Waals surface area contributed by atoms with Gasteiger partial charge in [0, 0.05) is 6.54 Å². The fourth-order valence-corrected chi connectivity index (χ4v) is 1.90. The Kier molecular flexibility index (Phi) is 2.62. The molecular weight excluding hydrogens is 188 g/mol. The van der Waals surface area contributed by atoms with Crippen LogP contribution in [0.3, 0.4) is 0 Å². The van der Waals surface area contributed by atoms with Crippen LogP contribution in [0.4, 0.5) is 0 Å². The number of aryl methyl sites for hydroxylation is 2. The molecule has 3 heteroatoms. The van der Waals surface area contributed by atoms with Crippen molar-refractivity contribution in [1.29, 1.82) is 0 Å². The van der Waals surface area contributed by atoms with Crippen molar-refractivity contribution >= 4 is 10.9 Å². The number of nitrogens with zero attached hydrogens (tertiary/aromatic N) is 2. The lowest BCUT2D eigenvalue weighted by Gasteiger charge is -2.04. The van der Waals surface area contributed by atoms with Crippen LogP contribution in [0.5, 0.6) is 5.75 Å². The first-order valence-corrected chi connectivity index (χ1v) is 5.36. The Labute approximate surface area is 89.7 Å². The summed E-state index contributed by atoms with van der Waals surface area (Å²) < 4.78 is 7.61. The molecule has 2 aromatic rings. The molecule has 3 nitrogen and oxygen atoms in total. The van der Waals surface area contributed by atoms with E-state index in [0.29, 0.717) is 6.61 Å². The van der Waals surface area contributed by atoms with Crippen LogP contribution in [0.15, 0.2) is 18.2 Å². The Balaban J connectivity index is 2.68. The zero-order valence-electron chi connectivity index (χ0n) is 9.45. The number of rotatable bonds is 3. The summed E-state index contributed by atoms with van der Waals surface area (Å²) in [6.45, 7) is 7.70. The third-order valence-corrected chi connectivity index (χ3v) is 2.51. The van der Waals surface area contributed by atoms with E-state index in [1.165, 1.54) is 0 Å². The van der Waals surface area contributed by atoms with Crippen LogP contribution in [0.2, 0.25) is 0 Å². The molecule has 0 bridgehead atoms. The van der Waals surface area contributed by atoms with Crippen molar-refractivity contribution in [2.45, 2.75) is 27.3 Å². The van der Waals surface area contributed by atoms with Gasteiger partial charge in [0.25, 0.3) is 0 Å². The highest BCUT2D eigenvalue weighted by Gasteiger charge is 2.10. The normalized spacial score (nSPS) is 10.9. The number of aromatic nitrogens is 2. The Morgan fingerprint density at radius 3 is 2.80 bits per heavy atom. The number of hydrogen-bond donors (Lipinski definition) is 0. The Bertz CT molecular complexity index is 474. The van der Waals surface area contributed by atoms with Crippen LogP contribution in [0, 0.1) is 6.92 Å². The van der Waals surface area contributed by atoms with Gasteiger partial charge in [0.2, 0.25) is 0 Å². The van der Waals surface area contributed by atoms with E-state index in [1.807, 2.05) is 30.7 Å². The van der Waals surface area contributed by atoms with Crippen LogP contribution in [0.1, 0.15) is 19.5 Å². The summed E-state index contributed by atoms with van der Waals surface area (Å²) in [5.74, 6) is 0.937. The van der Waals surface area contributed by atoms with Crippen molar-refractivity contribution in [3.63, 3.8) is 0 Å². The Morgan fingerprint density at radius 2 is 2.13 bits per heavy atom. The lowest BCUT2D eigenvalue weighted by Crippen LogP contribution is -1.96. The van der Waals surface area contributed by atoms with Crippen LogP contribution in [0.25, 0.3) is 10.9 Å². The number of hydrogen-bond acceptors (Lipinski definition) is 2. The summed E-state index contributed by atoms with van der Waals surface area (Å²) in [4.78, 5) is 0. The largest absolute Gasteiger partial charge is 0.493 e. The highest BCUT2D eigenvalue weighted by Crippen LogP contribution is 2.28. The summed E-state index contributed by atoms with van der Waals surface area (Å²) in [6, 6.07) is 6.10. The predicted octanol–water partition coefficient (Wildman–Crippen LogP) is 2.76. The zero-order chi connectivity index (χ0) is 10.8. The molecule has 0 aliphatic carbocycles. The topological polar surface area (TPSA) is 27.1 Å². The first-order chi connectivity index (χ1) is 7.27. The summed E-state index contributed by atoms with van der Waals surface area (Å²) in [5.41, 5.74) is 2.19. The second-order valence-corrected chi connectivity index (χ2v) is 3.48. The van der Waals surface area contributed by atoms with Crippen molar-refractivity contribution in [2.24, 2.45) is 0 Å². The van der Waals surface area contributed by atoms with E-state index in [0.717, 1.165) is 28.9 Å². The van der Waals surface area contributed by atoms with Gasteiger partial charge in [-0.25, -0.2) is 0 Å². The van der Waals surface area contributed by atoms with Gasteiger partial charge in [0.15, 0.2) is 0 Å². The maximum absolute atomic E-state index is 5.60. The predicted molar refractivity (Wildman–Crippen MR) is 61.3 cm³/mol. The highest BCUT2D eigenvalue weighted by atomic mass is 16.5. The van der Waals surface area contributed by atoms with Crippen LogP contribution in [-0.2, 0) is 6.54 Å². The molecule has 2 rings (SSSR count). The van der Waals surface area contributed by atoms with Gasteiger partial charge < -0.3 is 4.74 Å². The molecule has 0 radical (unpaired) electrons. The van der Waals surface area contributed by atoms with Gasteiger partial charge >= 0.3 is 0 Å². The third-order valence-electron chi connectivity index (χ3n) is 2.51. The van der Waals surface area contributed by atoms with Crippen molar-refractivity contribution < 1.29 is 4.74 Å². The average Bonchev–Trinajstić information content (AvgIpc) is 2.57. The fraction of sp³-hybridized carbons (Fsp3) is 0.417. The maximum atomic E-state index is 5.60.